The first-order chi connectivity index (χ1) is 12.0. The van der Waals surface area contributed by atoms with E-state index >= 15 is 0 Å². The molecule has 1 fully saturated rings. The van der Waals surface area contributed by atoms with E-state index in [1.165, 1.54) is 0 Å². The topological polar surface area (TPSA) is 58.6 Å². The summed E-state index contributed by atoms with van der Waals surface area (Å²) in [5.74, 6) is 0.250. The molecule has 0 bridgehead atoms. The zero-order valence-electron chi connectivity index (χ0n) is 13.9. The van der Waals surface area contributed by atoms with E-state index in [0.29, 0.717) is 16.5 Å². The zero-order chi connectivity index (χ0) is 17.8. The Morgan fingerprint density at radius 1 is 1.16 bits per heavy atom. The molecule has 1 aliphatic rings. The molecule has 6 heteroatoms. The van der Waals surface area contributed by atoms with Crippen molar-refractivity contribution >= 4 is 34.8 Å². The molecule has 5 nitrogen and oxygen atoms in total. The number of halogens is 1. The molecule has 2 amide bonds. The summed E-state index contributed by atoms with van der Waals surface area (Å²) in [6.45, 7) is 1.42. The Morgan fingerprint density at radius 3 is 2.48 bits per heavy atom. The van der Waals surface area contributed by atoms with Crippen LogP contribution in [0.1, 0.15) is 19.8 Å². The first kappa shape index (κ1) is 17.3. The number of amides is 2. The van der Waals surface area contributed by atoms with Gasteiger partial charge in [-0.1, -0.05) is 23.7 Å². The normalized spacial score (nSPS) is 13.2. The average Bonchev–Trinajstić information content (AvgIpc) is 3.41. The van der Waals surface area contributed by atoms with Gasteiger partial charge in [0.15, 0.2) is 6.61 Å². The molecule has 0 heterocycles. The zero-order valence-corrected chi connectivity index (χ0v) is 14.6. The average molecular weight is 359 g/mol. The summed E-state index contributed by atoms with van der Waals surface area (Å²) in [6.07, 6.45) is 1.98. The second-order valence-electron chi connectivity index (χ2n) is 5.93. The number of rotatable bonds is 6. The third-order valence-corrected chi connectivity index (χ3v) is 4.12. The molecule has 3 rings (SSSR count). The lowest BCUT2D eigenvalue weighted by molar-refractivity contribution is -0.118. The quantitative estimate of drug-likeness (QED) is 0.852. The maximum Gasteiger partial charge on any atom is 0.262 e. The highest BCUT2D eigenvalue weighted by molar-refractivity contribution is 6.30. The van der Waals surface area contributed by atoms with E-state index in [2.05, 4.69) is 5.32 Å². The van der Waals surface area contributed by atoms with Crippen LogP contribution in [0.25, 0.3) is 0 Å². The molecule has 0 radical (unpaired) electrons. The number of carbonyl (C=O) groups is 2. The Labute approximate surface area is 151 Å². The minimum absolute atomic E-state index is 0.0263. The van der Waals surface area contributed by atoms with E-state index in [-0.39, 0.29) is 24.5 Å². The van der Waals surface area contributed by atoms with Crippen molar-refractivity contribution in [2.75, 3.05) is 16.8 Å². The summed E-state index contributed by atoms with van der Waals surface area (Å²) in [7, 11) is 0. The Balaban J connectivity index is 1.67. The first-order valence-corrected chi connectivity index (χ1v) is 8.49. The van der Waals surface area contributed by atoms with Crippen LogP contribution in [0.5, 0.6) is 5.75 Å². The fourth-order valence-electron chi connectivity index (χ4n) is 2.61. The van der Waals surface area contributed by atoms with E-state index in [9.17, 15) is 9.59 Å². The highest BCUT2D eigenvalue weighted by Gasteiger charge is 2.33. The number of para-hydroxylation sites is 2. The van der Waals surface area contributed by atoms with Crippen molar-refractivity contribution in [1.29, 1.82) is 0 Å². The fourth-order valence-corrected chi connectivity index (χ4v) is 2.74. The summed E-state index contributed by atoms with van der Waals surface area (Å²) >= 11 is 5.82. The van der Waals surface area contributed by atoms with Crippen LogP contribution < -0.4 is 15.0 Å². The van der Waals surface area contributed by atoms with Crippen molar-refractivity contribution in [3.63, 3.8) is 0 Å². The molecule has 0 unspecified atom stereocenters. The molecule has 0 aliphatic heterocycles. The number of ether oxygens (including phenoxy) is 1. The van der Waals surface area contributed by atoms with Gasteiger partial charge in [0.2, 0.25) is 5.91 Å². The van der Waals surface area contributed by atoms with Crippen LogP contribution in [0, 0.1) is 0 Å². The predicted octanol–water partition coefficient (Wildman–Crippen LogP) is 3.87. The number of carbonyl (C=O) groups excluding carboxylic acids is 2. The molecule has 1 N–H and O–H groups in total. The smallest absolute Gasteiger partial charge is 0.262 e. The van der Waals surface area contributed by atoms with Crippen molar-refractivity contribution in [1.82, 2.24) is 0 Å². The lowest BCUT2D eigenvalue weighted by Gasteiger charge is -2.23. The van der Waals surface area contributed by atoms with Crippen LogP contribution in [0.15, 0.2) is 48.5 Å². The van der Waals surface area contributed by atoms with Gasteiger partial charge in [-0.3, -0.25) is 9.59 Å². The van der Waals surface area contributed by atoms with E-state index in [1.54, 1.807) is 42.2 Å². The van der Waals surface area contributed by atoms with Crippen LogP contribution in [-0.2, 0) is 9.59 Å². The van der Waals surface area contributed by atoms with Gasteiger partial charge in [-0.05, 0) is 49.2 Å². The predicted molar refractivity (Wildman–Crippen MR) is 98.2 cm³/mol. The van der Waals surface area contributed by atoms with Gasteiger partial charge in [0.25, 0.3) is 5.91 Å². The second-order valence-corrected chi connectivity index (χ2v) is 6.36. The molecule has 1 saturated carbocycles. The molecule has 130 valence electrons. The maximum atomic E-state index is 12.2. The van der Waals surface area contributed by atoms with Crippen molar-refractivity contribution in [2.24, 2.45) is 0 Å². The largest absolute Gasteiger partial charge is 0.484 e. The number of benzene rings is 2. The lowest BCUT2D eigenvalue weighted by atomic mass is 10.2. The molecule has 2 aromatic rings. The number of hydrogen-bond donors (Lipinski definition) is 1. The van der Waals surface area contributed by atoms with Gasteiger partial charge in [-0.2, -0.15) is 0 Å². The standard InChI is InChI=1S/C19H19ClN2O3/c1-13(23)22(15-8-9-15)18-5-3-2-4-17(18)21-19(24)12-25-16-10-6-14(20)7-11-16/h2-7,10-11,15H,8-9,12H2,1H3,(H,21,24). The fraction of sp³-hybridized carbons (Fsp3) is 0.263. The summed E-state index contributed by atoms with van der Waals surface area (Å²) in [6, 6.07) is 14.3. The van der Waals surface area contributed by atoms with Gasteiger partial charge in [0.05, 0.1) is 11.4 Å². The van der Waals surface area contributed by atoms with Crippen molar-refractivity contribution < 1.29 is 14.3 Å². The van der Waals surface area contributed by atoms with E-state index < -0.39 is 0 Å². The molecular formula is C19H19ClN2O3. The first-order valence-electron chi connectivity index (χ1n) is 8.11. The summed E-state index contributed by atoms with van der Waals surface area (Å²) in [5, 5.41) is 3.43. The van der Waals surface area contributed by atoms with Crippen LogP contribution >= 0.6 is 11.6 Å². The van der Waals surface area contributed by atoms with Gasteiger partial charge >= 0.3 is 0 Å². The minimum atomic E-state index is -0.290. The van der Waals surface area contributed by atoms with Gasteiger partial charge in [0, 0.05) is 18.0 Å². The summed E-state index contributed by atoms with van der Waals surface area (Å²) in [5.41, 5.74) is 1.33. The molecular weight excluding hydrogens is 340 g/mol. The number of anilines is 2. The van der Waals surface area contributed by atoms with Crippen molar-refractivity contribution in [2.45, 2.75) is 25.8 Å². The monoisotopic (exact) mass is 358 g/mol. The third-order valence-electron chi connectivity index (χ3n) is 3.87. The molecule has 0 saturated heterocycles. The Bertz CT molecular complexity index is 772. The van der Waals surface area contributed by atoms with E-state index in [1.807, 2.05) is 18.2 Å². The van der Waals surface area contributed by atoms with Gasteiger partial charge < -0.3 is 15.0 Å². The van der Waals surface area contributed by atoms with Crippen LogP contribution in [-0.4, -0.2) is 24.5 Å². The van der Waals surface area contributed by atoms with Gasteiger partial charge in [-0.25, -0.2) is 0 Å². The highest BCUT2D eigenvalue weighted by atomic mass is 35.5. The van der Waals surface area contributed by atoms with Crippen LogP contribution in [0.2, 0.25) is 5.02 Å². The summed E-state index contributed by atoms with van der Waals surface area (Å²) in [4.78, 5) is 25.9. The van der Waals surface area contributed by atoms with E-state index in [4.69, 9.17) is 16.3 Å². The number of nitrogens with one attached hydrogen (secondary N) is 1. The minimum Gasteiger partial charge on any atom is -0.484 e. The highest BCUT2D eigenvalue weighted by Crippen LogP contribution is 2.35. The van der Waals surface area contributed by atoms with Crippen LogP contribution in [0.4, 0.5) is 11.4 Å². The Morgan fingerprint density at radius 2 is 1.84 bits per heavy atom. The molecule has 0 aromatic heterocycles. The SMILES string of the molecule is CC(=O)N(c1ccccc1NC(=O)COc1ccc(Cl)cc1)C1CC1. The molecule has 0 atom stereocenters. The Hall–Kier alpha value is -2.53. The molecule has 1 aliphatic carbocycles. The number of nitrogens with zero attached hydrogens (tertiary/aromatic N) is 1. The third kappa shape index (κ3) is 4.51. The maximum absolute atomic E-state index is 12.2. The lowest BCUT2D eigenvalue weighted by Crippen LogP contribution is -2.32. The van der Waals surface area contributed by atoms with Crippen molar-refractivity contribution in [3.05, 3.63) is 53.6 Å². The summed E-state index contributed by atoms with van der Waals surface area (Å²) < 4.78 is 5.45. The van der Waals surface area contributed by atoms with Gasteiger partial charge in [-0.15, -0.1) is 0 Å². The Kier molecular flexibility index (Phi) is 5.24. The molecule has 25 heavy (non-hydrogen) atoms. The van der Waals surface area contributed by atoms with E-state index in [0.717, 1.165) is 18.5 Å². The number of hydrogen-bond acceptors (Lipinski definition) is 3. The van der Waals surface area contributed by atoms with Crippen molar-refractivity contribution in [3.8, 4) is 5.75 Å². The van der Waals surface area contributed by atoms with Crippen LogP contribution in [0.3, 0.4) is 0 Å². The molecule has 2 aromatic carbocycles. The second kappa shape index (κ2) is 7.57. The van der Waals surface area contributed by atoms with Gasteiger partial charge in [0.1, 0.15) is 5.75 Å². The molecule has 0 spiro atoms.